The second-order valence-electron chi connectivity index (χ2n) is 7.40. The van der Waals surface area contributed by atoms with Gasteiger partial charge in [-0.2, -0.15) is 0 Å². The van der Waals surface area contributed by atoms with Crippen molar-refractivity contribution in [2.24, 2.45) is 0 Å². The third kappa shape index (κ3) is 4.62. The van der Waals surface area contributed by atoms with E-state index in [2.05, 4.69) is 58.6 Å². The maximum atomic E-state index is 5.99. The molecular formula is C25H12S11. The van der Waals surface area contributed by atoms with Crippen LogP contribution in [0.4, 0.5) is 0 Å². The third-order valence-electron chi connectivity index (χ3n) is 5.12. The van der Waals surface area contributed by atoms with Gasteiger partial charge in [0.25, 0.3) is 0 Å². The Hall–Kier alpha value is -0.490. The van der Waals surface area contributed by atoms with E-state index in [9.17, 15) is 0 Å². The summed E-state index contributed by atoms with van der Waals surface area (Å²) in [4.78, 5) is 2.35. The molecule has 2 aromatic carbocycles. The van der Waals surface area contributed by atoms with Gasteiger partial charge in [-0.3, -0.25) is 0 Å². The number of fused-ring (bicyclic) bond motifs is 5. The summed E-state index contributed by atoms with van der Waals surface area (Å²) in [7, 11) is 0. The fourth-order valence-electron chi connectivity index (χ4n) is 3.51. The lowest BCUT2D eigenvalue weighted by molar-refractivity contribution is 1.55. The van der Waals surface area contributed by atoms with Crippen molar-refractivity contribution in [2.75, 3.05) is 0 Å². The molecule has 0 spiro atoms. The maximum Gasteiger partial charge on any atom is 0.101 e. The van der Waals surface area contributed by atoms with Crippen LogP contribution in [0.1, 0.15) is 11.8 Å². The normalized spacial score (nSPS) is 12.9. The molecule has 0 aliphatic carbocycles. The first-order valence-corrected chi connectivity index (χ1v) is 19.6. The molecule has 0 saturated heterocycles. The Morgan fingerprint density at radius 2 is 1.08 bits per heavy atom. The molecule has 5 heterocycles. The lowest BCUT2D eigenvalue weighted by Gasteiger charge is -2.08. The Bertz CT molecular complexity index is 1890. The quantitative estimate of drug-likeness (QED) is 0.103. The van der Waals surface area contributed by atoms with Crippen molar-refractivity contribution < 1.29 is 0 Å². The van der Waals surface area contributed by atoms with E-state index in [0.29, 0.717) is 0 Å². The van der Waals surface area contributed by atoms with E-state index >= 15 is 0 Å². The van der Waals surface area contributed by atoms with E-state index in [1.165, 1.54) is 59.4 Å². The molecule has 7 rings (SSSR count). The van der Waals surface area contributed by atoms with Crippen molar-refractivity contribution in [3.63, 3.8) is 0 Å². The highest BCUT2D eigenvalue weighted by Gasteiger charge is 2.23. The molecule has 4 aromatic heterocycles. The SMILES string of the molecule is C#Cc1sc2cc3sccsc3cc2sc1SC(C)=C1Sc2sc3cc4sccsc4cc3sc2S1. The summed E-state index contributed by atoms with van der Waals surface area (Å²) in [6.45, 7) is 2.24. The average Bonchev–Trinajstić information content (AvgIpc) is 3.32. The van der Waals surface area contributed by atoms with E-state index in [4.69, 9.17) is 6.42 Å². The summed E-state index contributed by atoms with van der Waals surface area (Å²) in [6, 6.07) is 9.36. The molecule has 1 aliphatic heterocycles. The van der Waals surface area contributed by atoms with E-state index in [1.54, 1.807) is 34.0 Å². The second-order valence-corrected chi connectivity index (χ2v) is 19.7. The van der Waals surface area contributed by atoms with Gasteiger partial charge < -0.3 is 0 Å². The number of rotatable bonds is 2. The van der Waals surface area contributed by atoms with Gasteiger partial charge in [0.1, 0.15) is 4.88 Å². The van der Waals surface area contributed by atoms with Gasteiger partial charge in [0.05, 0.1) is 16.9 Å². The number of allylic oxidation sites excluding steroid dienone is 1. The fraction of sp³-hybridized carbons (Fsp3) is 0.0400. The van der Waals surface area contributed by atoms with Gasteiger partial charge in [0, 0.05) is 64.0 Å². The predicted octanol–water partition coefficient (Wildman–Crippen LogP) is 13.2. The number of hydrogen-bond donors (Lipinski definition) is 0. The monoisotopic (exact) mass is 664 g/mol. The second kappa shape index (κ2) is 10.2. The van der Waals surface area contributed by atoms with Gasteiger partial charge in [0.2, 0.25) is 0 Å². The minimum atomic E-state index is 1.03. The number of terminal acetylenes is 1. The molecule has 6 aromatic rings. The Labute approximate surface area is 252 Å². The summed E-state index contributed by atoms with van der Waals surface area (Å²) in [5.41, 5.74) is 0. The van der Waals surface area contributed by atoms with E-state index < -0.39 is 0 Å². The lowest BCUT2D eigenvalue weighted by atomic mass is 10.4. The van der Waals surface area contributed by atoms with Crippen LogP contribution in [-0.2, 0) is 0 Å². The molecule has 0 fully saturated rings. The average molecular weight is 665 g/mol. The van der Waals surface area contributed by atoms with Crippen molar-refractivity contribution in [3.05, 3.63) is 59.8 Å². The van der Waals surface area contributed by atoms with Crippen LogP contribution in [0.25, 0.3) is 37.6 Å². The van der Waals surface area contributed by atoms with Gasteiger partial charge in [-0.1, -0.05) is 41.2 Å². The maximum absolute atomic E-state index is 5.99. The van der Waals surface area contributed by atoms with E-state index in [0.717, 1.165) is 4.88 Å². The van der Waals surface area contributed by atoms with Crippen LogP contribution in [0.2, 0.25) is 0 Å². The summed E-state index contributed by atoms with van der Waals surface area (Å²) in [6.07, 6.45) is 5.99. The Morgan fingerprint density at radius 3 is 1.56 bits per heavy atom. The van der Waals surface area contributed by atoms with Crippen LogP contribution in [0.15, 0.2) is 67.6 Å². The molecule has 0 radical (unpaired) electrons. The van der Waals surface area contributed by atoms with Crippen LogP contribution in [0.5, 0.6) is 0 Å². The Kier molecular flexibility index (Phi) is 6.98. The van der Waals surface area contributed by atoms with Gasteiger partial charge in [-0.15, -0.1) is 97.1 Å². The van der Waals surface area contributed by atoms with Gasteiger partial charge in [-0.25, -0.2) is 0 Å². The zero-order chi connectivity index (χ0) is 24.2. The molecule has 0 unspecified atom stereocenters. The Balaban J connectivity index is 1.26. The van der Waals surface area contributed by atoms with Crippen LogP contribution >= 0.6 is 126 Å². The fourth-order valence-corrected chi connectivity index (χ4v) is 16.9. The zero-order valence-corrected chi connectivity index (χ0v) is 27.2. The van der Waals surface area contributed by atoms with E-state index in [1.807, 2.05) is 92.0 Å². The highest BCUT2D eigenvalue weighted by Crippen LogP contribution is 2.59. The van der Waals surface area contributed by atoms with Crippen molar-refractivity contribution in [2.45, 2.75) is 19.6 Å². The van der Waals surface area contributed by atoms with Gasteiger partial charge >= 0.3 is 0 Å². The lowest BCUT2D eigenvalue weighted by Crippen LogP contribution is -1.79. The minimum Gasteiger partial charge on any atom is -0.142 e. The molecule has 1 aliphatic rings. The molecular weight excluding hydrogens is 653 g/mol. The zero-order valence-electron chi connectivity index (χ0n) is 18.2. The summed E-state index contributed by atoms with van der Waals surface area (Å²) in [5, 5.41) is 8.66. The summed E-state index contributed by atoms with van der Waals surface area (Å²) in [5.74, 6) is 2.97. The summed E-state index contributed by atoms with van der Waals surface area (Å²) < 4.78 is 16.1. The molecule has 0 N–H and O–H groups in total. The first-order valence-electron chi connectivity index (χ1n) is 10.4. The molecule has 11 heteroatoms. The third-order valence-corrected chi connectivity index (χ3v) is 19.1. The predicted molar refractivity (Wildman–Crippen MR) is 179 cm³/mol. The molecule has 0 nitrogen and oxygen atoms in total. The van der Waals surface area contributed by atoms with Crippen LogP contribution in [0, 0.1) is 12.3 Å². The topological polar surface area (TPSA) is 0 Å². The highest BCUT2D eigenvalue weighted by atomic mass is 32.2. The largest absolute Gasteiger partial charge is 0.142 e. The molecule has 0 amide bonds. The molecule has 0 bridgehead atoms. The van der Waals surface area contributed by atoms with Crippen molar-refractivity contribution in [1.29, 1.82) is 0 Å². The number of hydrogen-bond acceptors (Lipinski definition) is 11. The molecule has 178 valence electrons. The Morgan fingerprint density at radius 1 is 0.639 bits per heavy atom. The molecule has 0 atom stereocenters. The van der Waals surface area contributed by atoms with Crippen LogP contribution < -0.4 is 0 Å². The van der Waals surface area contributed by atoms with Crippen molar-refractivity contribution >= 4 is 164 Å². The van der Waals surface area contributed by atoms with Gasteiger partial charge in [-0.05, 0) is 31.2 Å². The first kappa shape index (κ1) is 24.5. The standard InChI is InChI=1S/C25H12S11/c1-3-13-23(32-19-9-15-14(8-18(19)31-13)26-4-5-27-15)30-12(2)22-35-24-25(36-22)34-21-11-17-16(10-20(21)33-24)28-6-7-29-17/h1,4-11H,2H3. The van der Waals surface area contributed by atoms with Crippen LogP contribution in [-0.4, -0.2) is 0 Å². The smallest absolute Gasteiger partial charge is 0.101 e. The summed E-state index contributed by atoms with van der Waals surface area (Å²) >= 11 is 20.3. The van der Waals surface area contributed by atoms with Crippen molar-refractivity contribution in [1.82, 2.24) is 0 Å². The molecule has 0 saturated carbocycles. The number of benzene rings is 2. The minimum absolute atomic E-state index is 1.03. The van der Waals surface area contributed by atoms with Crippen molar-refractivity contribution in [3.8, 4) is 12.3 Å². The van der Waals surface area contributed by atoms with Crippen LogP contribution in [0.3, 0.4) is 0 Å². The van der Waals surface area contributed by atoms with Gasteiger partial charge in [0.15, 0.2) is 0 Å². The number of thioether (sulfide) groups is 3. The van der Waals surface area contributed by atoms with E-state index in [-0.39, 0.29) is 0 Å². The molecule has 36 heavy (non-hydrogen) atoms. The highest BCUT2D eigenvalue weighted by molar-refractivity contribution is 8.27. The first-order chi connectivity index (χ1) is 17.6.